The predicted octanol–water partition coefficient (Wildman–Crippen LogP) is 1.50. The van der Waals surface area contributed by atoms with Crippen LogP contribution in [0.2, 0.25) is 0 Å². The Morgan fingerprint density at radius 3 is 2.60 bits per heavy atom. The van der Waals surface area contributed by atoms with Crippen molar-refractivity contribution in [3.05, 3.63) is 18.0 Å². The minimum Gasteiger partial charge on any atom is -0.444 e. The highest BCUT2D eigenvalue weighted by Crippen LogP contribution is 2.31. The Bertz CT molecular complexity index is 544. The normalized spacial score (nSPS) is 23.2. The molecular formula is C14H21N3O3. The summed E-state index contributed by atoms with van der Waals surface area (Å²) < 4.78 is 6.98. The van der Waals surface area contributed by atoms with Crippen LogP contribution >= 0.6 is 0 Å². The van der Waals surface area contributed by atoms with E-state index < -0.39 is 17.1 Å². The molecule has 20 heavy (non-hydrogen) atoms. The number of hydrogen-bond acceptors (Lipinski definition) is 4. The molecule has 1 aromatic heterocycles. The molecule has 1 atom stereocenters. The van der Waals surface area contributed by atoms with Crippen molar-refractivity contribution in [1.82, 2.24) is 14.7 Å². The first-order valence-corrected chi connectivity index (χ1v) is 6.62. The number of likely N-dealkylation sites (tertiary alicyclic amines) is 1. The van der Waals surface area contributed by atoms with Crippen LogP contribution in [0, 0.1) is 0 Å². The Labute approximate surface area is 118 Å². The van der Waals surface area contributed by atoms with Crippen LogP contribution in [0.3, 0.4) is 0 Å². The van der Waals surface area contributed by atoms with Crippen LogP contribution in [0.5, 0.6) is 0 Å². The lowest BCUT2D eigenvalue weighted by Crippen LogP contribution is -2.37. The zero-order chi connectivity index (χ0) is 15.1. The highest BCUT2D eigenvalue weighted by Gasteiger charge is 2.46. The lowest BCUT2D eigenvalue weighted by molar-refractivity contribution is -0.120. The van der Waals surface area contributed by atoms with E-state index in [1.54, 1.807) is 17.9 Å². The van der Waals surface area contributed by atoms with Gasteiger partial charge in [0.2, 0.25) is 0 Å². The van der Waals surface area contributed by atoms with Gasteiger partial charge in [0.05, 0.1) is 18.2 Å². The fourth-order valence-corrected chi connectivity index (χ4v) is 2.29. The molecule has 0 spiro atoms. The average Bonchev–Trinajstić information content (AvgIpc) is 2.83. The first-order valence-electron chi connectivity index (χ1n) is 6.62. The summed E-state index contributed by atoms with van der Waals surface area (Å²) in [4.78, 5) is 25.8. The topological polar surface area (TPSA) is 64.4 Å². The van der Waals surface area contributed by atoms with Gasteiger partial charge in [-0.15, -0.1) is 0 Å². The second kappa shape index (κ2) is 4.61. The van der Waals surface area contributed by atoms with E-state index in [1.165, 1.54) is 4.90 Å². The molecular weight excluding hydrogens is 258 g/mol. The molecule has 0 saturated carbocycles. The third-order valence-corrected chi connectivity index (χ3v) is 3.45. The minimum atomic E-state index is -0.703. The van der Waals surface area contributed by atoms with E-state index in [2.05, 4.69) is 5.10 Å². The van der Waals surface area contributed by atoms with Gasteiger partial charge in [-0.25, -0.2) is 4.79 Å². The van der Waals surface area contributed by atoms with Crippen LogP contribution in [0.15, 0.2) is 12.4 Å². The molecule has 0 bridgehead atoms. The standard InChI is InChI=1S/C14H21N3O3/c1-13(2,3)20-12(19)17-8-11(18)14(4,9-17)10-6-15-16(5)7-10/h6-7H,8-9H2,1-5H3. The Morgan fingerprint density at radius 1 is 1.45 bits per heavy atom. The molecule has 0 aromatic carbocycles. The van der Waals surface area contributed by atoms with E-state index in [0.29, 0.717) is 6.54 Å². The Balaban J connectivity index is 2.17. The summed E-state index contributed by atoms with van der Waals surface area (Å²) >= 11 is 0. The highest BCUT2D eigenvalue weighted by molar-refractivity contribution is 5.96. The van der Waals surface area contributed by atoms with E-state index in [9.17, 15) is 9.59 Å². The summed E-state index contributed by atoms with van der Waals surface area (Å²) in [5, 5.41) is 4.10. The van der Waals surface area contributed by atoms with E-state index in [1.807, 2.05) is 33.9 Å². The number of aromatic nitrogens is 2. The Morgan fingerprint density at radius 2 is 2.10 bits per heavy atom. The fraction of sp³-hybridized carbons (Fsp3) is 0.643. The summed E-state index contributed by atoms with van der Waals surface area (Å²) in [5.74, 6) is 0.0105. The van der Waals surface area contributed by atoms with Crippen LogP contribution in [0.1, 0.15) is 33.3 Å². The second-order valence-electron chi connectivity index (χ2n) is 6.49. The number of aryl methyl sites for hydroxylation is 1. The van der Waals surface area contributed by atoms with Crippen molar-refractivity contribution in [3.8, 4) is 0 Å². The van der Waals surface area contributed by atoms with Gasteiger partial charge >= 0.3 is 6.09 Å². The molecule has 1 aromatic rings. The molecule has 0 radical (unpaired) electrons. The molecule has 0 N–H and O–H groups in total. The number of hydrogen-bond donors (Lipinski definition) is 0. The van der Waals surface area contributed by atoms with Gasteiger partial charge in [0.15, 0.2) is 5.78 Å². The smallest absolute Gasteiger partial charge is 0.410 e. The molecule has 1 amide bonds. The van der Waals surface area contributed by atoms with Crippen LogP contribution in [-0.4, -0.2) is 45.2 Å². The van der Waals surface area contributed by atoms with Gasteiger partial charge in [-0.1, -0.05) is 0 Å². The number of amides is 1. The number of carbonyl (C=O) groups excluding carboxylic acids is 2. The van der Waals surface area contributed by atoms with Crippen LogP contribution < -0.4 is 0 Å². The summed E-state index contributed by atoms with van der Waals surface area (Å²) in [5.41, 5.74) is -0.436. The van der Waals surface area contributed by atoms with Crippen molar-refractivity contribution >= 4 is 11.9 Å². The highest BCUT2D eigenvalue weighted by atomic mass is 16.6. The molecule has 1 aliphatic rings. The molecule has 6 nitrogen and oxygen atoms in total. The van der Waals surface area contributed by atoms with Gasteiger partial charge in [0.25, 0.3) is 0 Å². The van der Waals surface area contributed by atoms with E-state index >= 15 is 0 Å². The maximum Gasteiger partial charge on any atom is 0.410 e. The largest absolute Gasteiger partial charge is 0.444 e. The van der Waals surface area contributed by atoms with Crippen molar-refractivity contribution in [2.45, 2.75) is 38.7 Å². The zero-order valence-electron chi connectivity index (χ0n) is 12.6. The number of ketones is 1. The maximum atomic E-state index is 12.3. The van der Waals surface area contributed by atoms with Crippen LogP contribution in [0.25, 0.3) is 0 Å². The summed E-state index contributed by atoms with van der Waals surface area (Å²) in [7, 11) is 1.80. The summed E-state index contributed by atoms with van der Waals surface area (Å²) in [6, 6.07) is 0. The molecule has 2 heterocycles. The second-order valence-corrected chi connectivity index (χ2v) is 6.49. The SMILES string of the molecule is Cn1cc(C2(C)CN(C(=O)OC(C)(C)C)CC2=O)cn1. The van der Waals surface area contributed by atoms with Gasteiger partial charge in [-0.2, -0.15) is 5.10 Å². The number of ether oxygens (including phenoxy) is 1. The molecule has 1 fully saturated rings. The molecule has 2 rings (SSSR count). The van der Waals surface area contributed by atoms with Crippen LogP contribution in [0.4, 0.5) is 4.79 Å². The van der Waals surface area contributed by atoms with E-state index in [4.69, 9.17) is 4.74 Å². The average molecular weight is 279 g/mol. The molecule has 1 aliphatic heterocycles. The number of nitrogens with zero attached hydrogens (tertiary/aromatic N) is 3. The Kier molecular flexibility index (Phi) is 3.36. The number of carbonyl (C=O) groups is 2. The molecule has 110 valence electrons. The molecule has 0 aliphatic carbocycles. The van der Waals surface area contributed by atoms with Crippen molar-refractivity contribution < 1.29 is 14.3 Å². The summed E-state index contributed by atoms with van der Waals surface area (Å²) in [6.45, 7) is 7.68. The van der Waals surface area contributed by atoms with Gasteiger partial charge < -0.3 is 4.74 Å². The zero-order valence-corrected chi connectivity index (χ0v) is 12.6. The van der Waals surface area contributed by atoms with Crippen molar-refractivity contribution in [1.29, 1.82) is 0 Å². The quantitative estimate of drug-likeness (QED) is 0.781. The van der Waals surface area contributed by atoms with Crippen LogP contribution in [-0.2, 0) is 22.0 Å². The van der Waals surface area contributed by atoms with Gasteiger partial charge in [-0.05, 0) is 27.7 Å². The number of Topliss-reactive ketones (excluding diaryl/α,β-unsaturated/α-hetero) is 1. The van der Waals surface area contributed by atoms with Gasteiger partial charge in [0, 0.05) is 25.4 Å². The third-order valence-electron chi connectivity index (χ3n) is 3.45. The molecule has 6 heteroatoms. The van der Waals surface area contributed by atoms with Crippen molar-refractivity contribution in [2.24, 2.45) is 7.05 Å². The van der Waals surface area contributed by atoms with E-state index in [-0.39, 0.29) is 12.3 Å². The van der Waals surface area contributed by atoms with Gasteiger partial charge in [-0.3, -0.25) is 14.4 Å². The van der Waals surface area contributed by atoms with E-state index in [0.717, 1.165) is 5.56 Å². The Hall–Kier alpha value is -1.85. The van der Waals surface area contributed by atoms with Gasteiger partial charge in [0.1, 0.15) is 5.60 Å². The molecule has 1 unspecified atom stereocenters. The lowest BCUT2D eigenvalue weighted by atomic mass is 9.83. The minimum absolute atomic E-state index is 0.0105. The van der Waals surface area contributed by atoms with Crippen molar-refractivity contribution in [2.75, 3.05) is 13.1 Å². The predicted molar refractivity (Wildman–Crippen MR) is 73.4 cm³/mol. The monoisotopic (exact) mass is 279 g/mol. The molecule has 1 saturated heterocycles. The maximum absolute atomic E-state index is 12.3. The fourth-order valence-electron chi connectivity index (χ4n) is 2.29. The van der Waals surface area contributed by atoms with Crippen molar-refractivity contribution in [3.63, 3.8) is 0 Å². The first kappa shape index (κ1) is 14.6. The summed E-state index contributed by atoms with van der Waals surface area (Å²) in [6.07, 6.45) is 3.05. The number of rotatable bonds is 1. The lowest BCUT2D eigenvalue weighted by Gasteiger charge is -2.25. The third kappa shape index (κ3) is 2.69. The first-order chi connectivity index (χ1) is 9.12.